The van der Waals surface area contributed by atoms with Gasteiger partial charge in [0.15, 0.2) is 11.5 Å². The number of hydrogen-bond donors (Lipinski definition) is 2. The SMILES string of the molecule is O=C(O)N1CCc2c(nc(-c3ccc[nH]3)nc2C(F)(F)F)C1. The normalized spacial score (nSPS) is 14.8. The maximum atomic E-state index is 13.2. The molecule has 0 saturated carbocycles. The molecule has 3 heterocycles. The lowest BCUT2D eigenvalue weighted by Gasteiger charge is -2.27. The molecule has 6 nitrogen and oxygen atoms in total. The van der Waals surface area contributed by atoms with Crippen molar-refractivity contribution in [2.45, 2.75) is 19.1 Å². The van der Waals surface area contributed by atoms with Gasteiger partial charge in [0.05, 0.1) is 17.9 Å². The van der Waals surface area contributed by atoms with Gasteiger partial charge in [0.2, 0.25) is 0 Å². The fourth-order valence-electron chi connectivity index (χ4n) is 2.42. The number of aromatic nitrogens is 3. The lowest BCUT2D eigenvalue weighted by Crippen LogP contribution is -2.36. The molecule has 2 N–H and O–H groups in total. The first-order valence-electron chi connectivity index (χ1n) is 6.45. The van der Waals surface area contributed by atoms with Gasteiger partial charge >= 0.3 is 12.3 Å². The number of carboxylic acid groups (broad SMARTS) is 1. The van der Waals surface area contributed by atoms with Crippen molar-refractivity contribution in [3.63, 3.8) is 0 Å². The molecule has 9 heteroatoms. The maximum Gasteiger partial charge on any atom is 0.433 e. The molecule has 1 amide bonds. The van der Waals surface area contributed by atoms with Crippen molar-refractivity contribution in [2.24, 2.45) is 0 Å². The van der Waals surface area contributed by atoms with Gasteiger partial charge in [-0.15, -0.1) is 0 Å². The predicted molar refractivity (Wildman–Crippen MR) is 69.0 cm³/mol. The summed E-state index contributed by atoms with van der Waals surface area (Å²) < 4.78 is 39.7. The van der Waals surface area contributed by atoms with E-state index in [9.17, 15) is 18.0 Å². The fourth-order valence-corrected chi connectivity index (χ4v) is 2.42. The summed E-state index contributed by atoms with van der Waals surface area (Å²) in [6, 6.07) is 3.18. The molecule has 2 aromatic rings. The lowest BCUT2D eigenvalue weighted by atomic mass is 10.0. The third kappa shape index (κ3) is 2.49. The molecule has 2 aromatic heterocycles. The van der Waals surface area contributed by atoms with Gasteiger partial charge in [0.1, 0.15) is 0 Å². The number of rotatable bonds is 1. The molecule has 0 fully saturated rings. The van der Waals surface area contributed by atoms with Crippen LogP contribution < -0.4 is 0 Å². The molecule has 0 spiro atoms. The number of hydrogen-bond acceptors (Lipinski definition) is 3. The van der Waals surface area contributed by atoms with Crippen LogP contribution in [-0.2, 0) is 19.1 Å². The van der Waals surface area contributed by atoms with E-state index in [4.69, 9.17) is 5.11 Å². The van der Waals surface area contributed by atoms with E-state index in [0.717, 1.165) is 4.90 Å². The van der Waals surface area contributed by atoms with Crippen LogP contribution in [0, 0.1) is 0 Å². The monoisotopic (exact) mass is 312 g/mol. The van der Waals surface area contributed by atoms with Gasteiger partial charge in [0.25, 0.3) is 0 Å². The molecule has 116 valence electrons. The van der Waals surface area contributed by atoms with Crippen molar-refractivity contribution < 1.29 is 23.1 Å². The number of carbonyl (C=O) groups is 1. The number of H-pyrrole nitrogens is 1. The van der Waals surface area contributed by atoms with Gasteiger partial charge in [-0.1, -0.05) is 0 Å². The van der Waals surface area contributed by atoms with Crippen molar-refractivity contribution in [3.8, 4) is 11.5 Å². The third-order valence-electron chi connectivity index (χ3n) is 3.44. The standard InChI is InChI=1S/C13H11F3N4O2/c14-13(15,16)10-7-3-5-20(12(21)22)6-9(7)18-11(19-10)8-2-1-4-17-8/h1-2,4,17H,3,5-6H2,(H,21,22). The van der Waals surface area contributed by atoms with E-state index in [2.05, 4.69) is 15.0 Å². The van der Waals surface area contributed by atoms with Gasteiger partial charge in [-0.3, -0.25) is 0 Å². The molecule has 0 atom stereocenters. The summed E-state index contributed by atoms with van der Waals surface area (Å²) >= 11 is 0. The number of nitrogens with zero attached hydrogens (tertiary/aromatic N) is 3. The fraction of sp³-hybridized carbons (Fsp3) is 0.308. The van der Waals surface area contributed by atoms with E-state index in [0.29, 0.717) is 5.69 Å². The molecular formula is C13H11F3N4O2. The van der Waals surface area contributed by atoms with Gasteiger partial charge < -0.3 is 15.0 Å². The first kappa shape index (κ1) is 14.4. The van der Waals surface area contributed by atoms with Crippen LogP contribution in [0.15, 0.2) is 18.3 Å². The van der Waals surface area contributed by atoms with Crippen LogP contribution >= 0.6 is 0 Å². The maximum absolute atomic E-state index is 13.2. The highest BCUT2D eigenvalue weighted by Gasteiger charge is 2.39. The van der Waals surface area contributed by atoms with Crippen molar-refractivity contribution in [1.29, 1.82) is 0 Å². The highest BCUT2D eigenvalue weighted by atomic mass is 19.4. The van der Waals surface area contributed by atoms with Gasteiger partial charge in [-0.2, -0.15) is 13.2 Å². The Morgan fingerprint density at radius 3 is 2.73 bits per heavy atom. The van der Waals surface area contributed by atoms with Crippen LogP contribution in [-0.4, -0.2) is 37.6 Å². The van der Waals surface area contributed by atoms with Crippen molar-refractivity contribution in [2.75, 3.05) is 6.54 Å². The number of aromatic amines is 1. The second-order valence-electron chi connectivity index (χ2n) is 4.86. The Bertz CT molecular complexity index is 713. The Balaban J connectivity index is 2.14. The van der Waals surface area contributed by atoms with E-state index in [1.165, 1.54) is 0 Å². The molecule has 0 saturated heterocycles. The number of alkyl halides is 3. The van der Waals surface area contributed by atoms with Crippen LogP contribution in [0.3, 0.4) is 0 Å². The van der Waals surface area contributed by atoms with Gasteiger partial charge in [0, 0.05) is 18.3 Å². The largest absolute Gasteiger partial charge is 0.465 e. The molecule has 1 aliphatic rings. The average Bonchev–Trinajstić information content (AvgIpc) is 2.98. The summed E-state index contributed by atoms with van der Waals surface area (Å²) in [5.41, 5.74) is -0.575. The second kappa shape index (κ2) is 5.00. The highest BCUT2D eigenvalue weighted by Crippen LogP contribution is 2.34. The van der Waals surface area contributed by atoms with Crippen LogP contribution in [0.4, 0.5) is 18.0 Å². The molecular weight excluding hydrogens is 301 g/mol. The Hall–Kier alpha value is -2.58. The first-order chi connectivity index (χ1) is 10.4. The second-order valence-corrected chi connectivity index (χ2v) is 4.86. The molecule has 0 unspecified atom stereocenters. The van der Waals surface area contributed by atoms with Crippen LogP contribution in [0.25, 0.3) is 11.5 Å². The van der Waals surface area contributed by atoms with E-state index < -0.39 is 18.0 Å². The summed E-state index contributed by atoms with van der Waals surface area (Å²) in [5, 5.41) is 9.00. The first-order valence-corrected chi connectivity index (χ1v) is 6.45. The van der Waals surface area contributed by atoms with Crippen molar-refractivity contribution >= 4 is 6.09 Å². The van der Waals surface area contributed by atoms with E-state index in [-0.39, 0.29) is 36.6 Å². The molecule has 0 bridgehead atoms. The minimum Gasteiger partial charge on any atom is -0.465 e. The summed E-state index contributed by atoms with van der Waals surface area (Å²) in [7, 11) is 0. The average molecular weight is 312 g/mol. The molecule has 0 aromatic carbocycles. The van der Waals surface area contributed by atoms with E-state index in [1.54, 1.807) is 18.3 Å². The van der Waals surface area contributed by atoms with E-state index >= 15 is 0 Å². The predicted octanol–water partition coefficient (Wildman–Crippen LogP) is 2.53. The topological polar surface area (TPSA) is 82.1 Å². The quantitative estimate of drug-likeness (QED) is 0.847. The molecule has 22 heavy (non-hydrogen) atoms. The Labute approximate surface area is 122 Å². The Kier molecular flexibility index (Phi) is 3.27. The van der Waals surface area contributed by atoms with E-state index in [1.807, 2.05) is 0 Å². The van der Waals surface area contributed by atoms with Gasteiger partial charge in [-0.25, -0.2) is 14.8 Å². The zero-order valence-corrected chi connectivity index (χ0v) is 11.2. The zero-order chi connectivity index (χ0) is 15.9. The minimum atomic E-state index is -4.61. The lowest BCUT2D eigenvalue weighted by molar-refractivity contribution is -0.142. The zero-order valence-electron chi connectivity index (χ0n) is 11.2. The molecule has 0 radical (unpaired) electrons. The van der Waals surface area contributed by atoms with Crippen molar-refractivity contribution in [3.05, 3.63) is 35.3 Å². The summed E-state index contributed by atoms with van der Waals surface area (Å²) in [5.74, 6) is -0.0942. The number of halogens is 3. The van der Waals surface area contributed by atoms with Crippen LogP contribution in [0.1, 0.15) is 17.0 Å². The Morgan fingerprint density at radius 2 is 2.14 bits per heavy atom. The number of fused-ring (bicyclic) bond motifs is 1. The molecule has 3 rings (SSSR count). The summed E-state index contributed by atoms with van der Waals surface area (Å²) in [6.45, 7) is -0.180. The summed E-state index contributed by atoms with van der Waals surface area (Å²) in [4.78, 5) is 22.6. The highest BCUT2D eigenvalue weighted by molar-refractivity contribution is 5.65. The van der Waals surface area contributed by atoms with Crippen molar-refractivity contribution in [1.82, 2.24) is 19.9 Å². The Morgan fingerprint density at radius 1 is 1.36 bits per heavy atom. The van der Waals surface area contributed by atoms with Crippen LogP contribution in [0.5, 0.6) is 0 Å². The minimum absolute atomic E-state index is 0.00335. The smallest absolute Gasteiger partial charge is 0.433 e. The number of nitrogens with one attached hydrogen (secondary N) is 1. The van der Waals surface area contributed by atoms with Crippen LogP contribution in [0.2, 0.25) is 0 Å². The molecule has 1 aliphatic heterocycles. The number of amides is 1. The third-order valence-corrected chi connectivity index (χ3v) is 3.44. The van der Waals surface area contributed by atoms with Gasteiger partial charge in [-0.05, 0) is 18.6 Å². The summed E-state index contributed by atoms with van der Waals surface area (Å²) in [6.07, 6.45) is -4.30. The molecule has 0 aliphatic carbocycles.